The Hall–Kier alpha value is -2.46. The molecule has 2 aromatic rings. The molecular weight excluding hydrogens is 412 g/mol. The smallest absolute Gasteiger partial charge is 0.327 e. The SMILES string of the molecule is CN1c2nc(-c3ccc(N4CCNCC4)cc3)ccc2N(CC2CC2(F)F)S1(=O)=O. The summed E-state index contributed by atoms with van der Waals surface area (Å²) in [6.07, 6.45) is -0.275. The van der Waals surface area contributed by atoms with Crippen molar-refractivity contribution in [3.05, 3.63) is 36.4 Å². The predicted octanol–water partition coefficient (Wildman–Crippen LogP) is 2.31. The normalized spacial score (nSPS) is 24.1. The Bertz CT molecular complexity index is 1070. The Morgan fingerprint density at radius 1 is 1.13 bits per heavy atom. The van der Waals surface area contributed by atoms with Gasteiger partial charge in [-0.1, -0.05) is 12.1 Å². The first-order chi connectivity index (χ1) is 14.3. The molecule has 1 aromatic carbocycles. The van der Waals surface area contributed by atoms with Gasteiger partial charge in [0.25, 0.3) is 5.92 Å². The molecule has 1 saturated carbocycles. The van der Waals surface area contributed by atoms with E-state index in [2.05, 4.69) is 15.2 Å². The van der Waals surface area contributed by atoms with Crippen LogP contribution in [0.2, 0.25) is 0 Å². The summed E-state index contributed by atoms with van der Waals surface area (Å²) >= 11 is 0. The highest BCUT2D eigenvalue weighted by Gasteiger charge is 2.59. The average molecular weight is 436 g/mol. The van der Waals surface area contributed by atoms with E-state index in [0.29, 0.717) is 11.4 Å². The van der Waals surface area contributed by atoms with Gasteiger partial charge < -0.3 is 10.2 Å². The molecule has 1 saturated heterocycles. The molecule has 5 rings (SSSR count). The third-order valence-corrected chi connectivity index (χ3v) is 7.80. The molecule has 30 heavy (non-hydrogen) atoms. The van der Waals surface area contributed by atoms with Crippen LogP contribution in [0.4, 0.5) is 26.0 Å². The molecule has 160 valence electrons. The maximum Gasteiger partial charge on any atom is 0.327 e. The van der Waals surface area contributed by atoms with E-state index in [1.165, 1.54) is 7.05 Å². The number of fused-ring (bicyclic) bond motifs is 1. The van der Waals surface area contributed by atoms with Crippen LogP contribution in [-0.2, 0) is 10.2 Å². The maximum atomic E-state index is 13.4. The molecule has 0 amide bonds. The van der Waals surface area contributed by atoms with E-state index < -0.39 is 22.0 Å². The Morgan fingerprint density at radius 2 is 1.80 bits per heavy atom. The molecule has 2 fully saturated rings. The second-order valence-electron chi connectivity index (χ2n) is 7.99. The van der Waals surface area contributed by atoms with Crippen molar-refractivity contribution in [3.63, 3.8) is 0 Å². The lowest BCUT2D eigenvalue weighted by molar-refractivity contribution is 0.101. The number of benzene rings is 1. The first-order valence-electron chi connectivity index (χ1n) is 9.99. The van der Waals surface area contributed by atoms with Crippen LogP contribution in [0.25, 0.3) is 11.3 Å². The third-order valence-electron chi connectivity index (χ3n) is 6.03. The number of halogens is 2. The van der Waals surface area contributed by atoms with Gasteiger partial charge in [-0.2, -0.15) is 8.42 Å². The number of hydrogen-bond donors (Lipinski definition) is 1. The number of rotatable bonds is 4. The minimum atomic E-state index is -3.89. The highest BCUT2D eigenvalue weighted by molar-refractivity contribution is 7.94. The van der Waals surface area contributed by atoms with Crippen LogP contribution in [0.15, 0.2) is 36.4 Å². The van der Waals surface area contributed by atoms with Crippen molar-refractivity contribution in [1.29, 1.82) is 0 Å². The molecule has 2 aliphatic heterocycles. The summed E-state index contributed by atoms with van der Waals surface area (Å²) in [5, 5.41) is 3.33. The summed E-state index contributed by atoms with van der Waals surface area (Å²) in [5.41, 5.74) is 3.00. The molecule has 0 spiro atoms. The van der Waals surface area contributed by atoms with E-state index in [-0.39, 0.29) is 18.8 Å². The Labute approximate surface area is 174 Å². The van der Waals surface area contributed by atoms with Crippen LogP contribution in [0.3, 0.4) is 0 Å². The molecule has 7 nitrogen and oxygen atoms in total. The molecule has 0 radical (unpaired) electrons. The molecule has 1 aliphatic carbocycles. The maximum absolute atomic E-state index is 13.4. The van der Waals surface area contributed by atoms with Crippen LogP contribution < -0.4 is 18.8 Å². The fraction of sp³-hybridized carbons (Fsp3) is 0.450. The zero-order chi connectivity index (χ0) is 21.1. The van der Waals surface area contributed by atoms with Gasteiger partial charge in [0.15, 0.2) is 5.82 Å². The largest absolute Gasteiger partial charge is 0.369 e. The van der Waals surface area contributed by atoms with Crippen molar-refractivity contribution >= 4 is 27.4 Å². The first kappa shape index (κ1) is 19.5. The average Bonchev–Trinajstić information content (AvgIpc) is 3.32. The number of aromatic nitrogens is 1. The number of piperazine rings is 1. The summed E-state index contributed by atoms with van der Waals surface area (Å²) in [6.45, 7) is 3.59. The van der Waals surface area contributed by atoms with Crippen molar-refractivity contribution in [1.82, 2.24) is 10.3 Å². The van der Waals surface area contributed by atoms with Crippen molar-refractivity contribution in [2.75, 3.05) is 53.3 Å². The molecule has 3 aliphatic rings. The van der Waals surface area contributed by atoms with Gasteiger partial charge in [0, 0.05) is 63.4 Å². The van der Waals surface area contributed by atoms with Gasteiger partial charge in [-0.25, -0.2) is 22.4 Å². The van der Waals surface area contributed by atoms with Gasteiger partial charge in [0.1, 0.15) is 0 Å². The Kier molecular flexibility index (Phi) is 4.41. The van der Waals surface area contributed by atoms with Gasteiger partial charge in [-0.3, -0.25) is 0 Å². The van der Waals surface area contributed by atoms with Crippen molar-refractivity contribution in [2.24, 2.45) is 5.92 Å². The molecule has 0 bridgehead atoms. The van der Waals surface area contributed by atoms with Crippen LogP contribution in [-0.4, -0.2) is 59.1 Å². The topological polar surface area (TPSA) is 68.8 Å². The Balaban J connectivity index is 1.42. The van der Waals surface area contributed by atoms with Crippen LogP contribution in [0.1, 0.15) is 6.42 Å². The van der Waals surface area contributed by atoms with E-state index in [1.54, 1.807) is 12.1 Å². The third kappa shape index (κ3) is 3.18. The predicted molar refractivity (Wildman–Crippen MR) is 112 cm³/mol. The van der Waals surface area contributed by atoms with E-state index in [1.807, 2.05) is 24.3 Å². The highest BCUT2D eigenvalue weighted by atomic mass is 32.2. The molecule has 10 heteroatoms. The first-order valence-corrected chi connectivity index (χ1v) is 11.4. The van der Waals surface area contributed by atoms with E-state index in [4.69, 9.17) is 0 Å². The standard InChI is InChI=1S/C20H23F2N5O2S/c1-25-19-18(27(30(25,28)29)13-15-12-20(15,21)22)7-6-17(24-19)14-2-4-16(5-3-14)26-10-8-23-9-11-26/h2-7,15,23H,8-13H2,1H3. The van der Waals surface area contributed by atoms with Gasteiger partial charge in [0.05, 0.1) is 11.4 Å². The molecule has 1 unspecified atom stereocenters. The number of nitrogens with zero attached hydrogens (tertiary/aromatic N) is 4. The minimum Gasteiger partial charge on any atom is -0.369 e. The zero-order valence-electron chi connectivity index (χ0n) is 16.6. The second kappa shape index (κ2) is 6.78. The number of alkyl halides is 2. The number of pyridine rings is 1. The summed E-state index contributed by atoms with van der Waals surface area (Å²) in [7, 11) is -2.49. The summed E-state index contributed by atoms with van der Waals surface area (Å²) in [5.74, 6) is -3.46. The summed E-state index contributed by atoms with van der Waals surface area (Å²) in [4.78, 5) is 6.86. The highest BCUT2D eigenvalue weighted by Crippen LogP contribution is 2.51. The fourth-order valence-electron chi connectivity index (χ4n) is 4.04. The van der Waals surface area contributed by atoms with Gasteiger partial charge in [-0.05, 0) is 24.3 Å². The summed E-state index contributed by atoms with van der Waals surface area (Å²) in [6, 6.07) is 11.4. The van der Waals surface area contributed by atoms with E-state index in [0.717, 1.165) is 46.0 Å². The number of hydrogen-bond acceptors (Lipinski definition) is 5. The fourth-order valence-corrected chi connectivity index (χ4v) is 5.44. The molecule has 1 aromatic heterocycles. The lowest BCUT2D eigenvalue weighted by Crippen LogP contribution is -2.43. The monoisotopic (exact) mass is 435 g/mol. The number of anilines is 3. The lowest BCUT2D eigenvalue weighted by atomic mass is 10.1. The van der Waals surface area contributed by atoms with Gasteiger partial charge in [0.2, 0.25) is 0 Å². The van der Waals surface area contributed by atoms with E-state index >= 15 is 0 Å². The van der Waals surface area contributed by atoms with Crippen molar-refractivity contribution < 1.29 is 17.2 Å². The van der Waals surface area contributed by atoms with Gasteiger partial charge >= 0.3 is 10.2 Å². The minimum absolute atomic E-state index is 0.229. The van der Waals surface area contributed by atoms with Gasteiger partial charge in [-0.15, -0.1) is 0 Å². The van der Waals surface area contributed by atoms with Crippen molar-refractivity contribution in [2.45, 2.75) is 12.3 Å². The molecule has 1 N–H and O–H groups in total. The molecule has 1 atom stereocenters. The number of nitrogens with one attached hydrogen (secondary N) is 1. The van der Waals surface area contributed by atoms with E-state index in [9.17, 15) is 17.2 Å². The summed E-state index contributed by atoms with van der Waals surface area (Å²) < 4.78 is 54.4. The lowest BCUT2D eigenvalue weighted by Gasteiger charge is -2.29. The second-order valence-corrected chi connectivity index (χ2v) is 9.88. The molecule has 3 heterocycles. The van der Waals surface area contributed by atoms with Crippen LogP contribution in [0, 0.1) is 5.92 Å². The van der Waals surface area contributed by atoms with Crippen LogP contribution in [0.5, 0.6) is 0 Å². The van der Waals surface area contributed by atoms with Crippen molar-refractivity contribution in [3.8, 4) is 11.3 Å². The molecular formula is C20H23F2N5O2S. The Morgan fingerprint density at radius 3 is 2.43 bits per heavy atom. The quantitative estimate of drug-likeness (QED) is 0.798. The zero-order valence-corrected chi connectivity index (χ0v) is 17.4. The van der Waals surface area contributed by atoms with Crippen LogP contribution >= 0.6 is 0 Å².